The van der Waals surface area contributed by atoms with Gasteiger partial charge in [-0.1, -0.05) is 6.92 Å². The molecule has 0 fully saturated rings. The van der Waals surface area contributed by atoms with E-state index in [1.165, 1.54) is 29.2 Å². The Morgan fingerprint density at radius 3 is 2.75 bits per heavy atom. The number of hydrogen-bond acceptors (Lipinski definition) is 5. The van der Waals surface area contributed by atoms with Gasteiger partial charge in [0.25, 0.3) is 10.0 Å². The summed E-state index contributed by atoms with van der Waals surface area (Å²) < 4.78 is 28.5. The summed E-state index contributed by atoms with van der Waals surface area (Å²) in [4.78, 5) is 4.24. The van der Waals surface area contributed by atoms with Crippen molar-refractivity contribution < 1.29 is 8.42 Å². The van der Waals surface area contributed by atoms with Crippen molar-refractivity contribution in [1.29, 1.82) is 0 Å². The molecule has 0 aliphatic heterocycles. The first kappa shape index (κ1) is 14.3. The summed E-state index contributed by atoms with van der Waals surface area (Å²) >= 11 is 0. The number of nitrogens with one attached hydrogen (secondary N) is 2. The first-order valence-electron chi connectivity index (χ1n) is 6.23. The maximum atomic E-state index is 12.3. The third-order valence-corrected chi connectivity index (χ3v) is 4.01. The lowest BCUT2D eigenvalue weighted by molar-refractivity contribution is 0.600. The van der Waals surface area contributed by atoms with E-state index in [1.54, 1.807) is 13.1 Å². The predicted octanol–water partition coefficient (Wildman–Crippen LogP) is 1.44. The van der Waals surface area contributed by atoms with Gasteiger partial charge in [0, 0.05) is 31.9 Å². The van der Waals surface area contributed by atoms with Crippen LogP contribution < -0.4 is 10.0 Å². The summed E-state index contributed by atoms with van der Waals surface area (Å²) in [6.45, 7) is 2.77. The number of sulfonamides is 1. The van der Waals surface area contributed by atoms with Crippen LogP contribution in [-0.2, 0) is 17.1 Å². The van der Waals surface area contributed by atoms with E-state index in [4.69, 9.17) is 0 Å². The van der Waals surface area contributed by atoms with Crippen molar-refractivity contribution in [3.05, 3.63) is 30.6 Å². The van der Waals surface area contributed by atoms with Gasteiger partial charge < -0.3 is 5.32 Å². The molecule has 0 bridgehead atoms. The van der Waals surface area contributed by atoms with E-state index in [9.17, 15) is 8.42 Å². The van der Waals surface area contributed by atoms with Crippen LogP contribution in [0.5, 0.6) is 0 Å². The number of pyridine rings is 1. The molecular formula is C12H17N5O2S. The average molecular weight is 295 g/mol. The Balaban J connectivity index is 2.23. The maximum absolute atomic E-state index is 12.3. The molecule has 2 rings (SSSR count). The summed E-state index contributed by atoms with van der Waals surface area (Å²) in [6.07, 6.45) is 3.93. The molecule has 0 amide bonds. The smallest absolute Gasteiger partial charge is 0.263 e. The number of aromatic nitrogens is 3. The SMILES string of the molecule is CCCNc1cc(S(=O)(=O)Nc2ccnn2C)ccn1. The van der Waals surface area contributed by atoms with Crippen molar-refractivity contribution in [2.75, 3.05) is 16.6 Å². The molecule has 0 aliphatic carbocycles. The Kier molecular flexibility index (Phi) is 4.23. The Labute approximate surface area is 118 Å². The zero-order valence-electron chi connectivity index (χ0n) is 11.4. The number of rotatable bonds is 6. The van der Waals surface area contributed by atoms with Gasteiger partial charge in [-0.15, -0.1) is 0 Å². The normalized spacial score (nSPS) is 11.3. The quantitative estimate of drug-likeness (QED) is 0.841. The number of anilines is 2. The van der Waals surface area contributed by atoms with Crippen molar-refractivity contribution in [2.24, 2.45) is 7.05 Å². The second kappa shape index (κ2) is 5.91. The van der Waals surface area contributed by atoms with Gasteiger partial charge in [-0.05, 0) is 12.5 Å². The van der Waals surface area contributed by atoms with Gasteiger partial charge in [-0.3, -0.25) is 9.40 Å². The van der Waals surface area contributed by atoms with Crippen LogP contribution in [0.4, 0.5) is 11.6 Å². The molecule has 0 atom stereocenters. The van der Waals surface area contributed by atoms with E-state index in [0.717, 1.165) is 13.0 Å². The molecule has 0 aliphatic rings. The monoisotopic (exact) mass is 295 g/mol. The van der Waals surface area contributed by atoms with Gasteiger partial charge in [0.15, 0.2) is 0 Å². The maximum Gasteiger partial charge on any atom is 0.263 e. The molecule has 7 nitrogen and oxygen atoms in total. The number of nitrogens with zero attached hydrogens (tertiary/aromatic N) is 3. The standard InChI is InChI=1S/C12H17N5O2S/c1-3-6-13-11-9-10(4-7-14-11)20(18,19)16-12-5-8-15-17(12)2/h4-5,7-9,16H,3,6H2,1-2H3,(H,13,14). The molecule has 0 aromatic carbocycles. The minimum atomic E-state index is -3.64. The highest BCUT2D eigenvalue weighted by molar-refractivity contribution is 7.92. The van der Waals surface area contributed by atoms with Crippen LogP contribution in [0.2, 0.25) is 0 Å². The summed E-state index contributed by atoms with van der Waals surface area (Å²) in [5.74, 6) is 0.949. The van der Waals surface area contributed by atoms with Gasteiger partial charge >= 0.3 is 0 Å². The van der Waals surface area contributed by atoms with Crippen molar-refractivity contribution >= 4 is 21.7 Å². The van der Waals surface area contributed by atoms with E-state index >= 15 is 0 Å². The van der Waals surface area contributed by atoms with Crippen molar-refractivity contribution in [3.63, 3.8) is 0 Å². The van der Waals surface area contributed by atoms with Crippen molar-refractivity contribution in [2.45, 2.75) is 18.2 Å². The van der Waals surface area contributed by atoms with Crippen molar-refractivity contribution in [3.8, 4) is 0 Å². The molecule has 2 heterocycles. The Morgan fingerprint density at radius 2 is 2.10 bits per heavy atom. The molecule has 2 aromatic rings. The zero-order valence-corrected chi connectivity index (χ0v) is 12.2. The van der Waals surface area contributed by atoms with Gasteiger partial charge in [0.1, 0.15) is 11.6 Å². The molecule has 8 heteroatoms. The Morgan fingerprint density at radius 1 is 1.30 bits per heavy atom. The van der Waals surface area contributed by atoms with Crippen LogP contribution >= 0.6 is 0 Å². The number of aryl methyl sites for hydroxylation is 1. The van der Waals surface area contributed by atoms with Gasteiger partial charge in [0.2, 0.25) is 0 Å². The van der Waals surface area contributed by atoms with E-state index in [1.807, 2.05) is 6.92 Å². The minimum absolute atomic E-state index is 0.160. The van der Waals surface area contributed by atoms with Gasteiger partial charge in [0.05, 0.1) is 11.1 Å². The summed E-state index contributed by atoms with van der Waals surface area (Å²) in [6, 6.07) is 4.55. The highest BCUT2D eigenvalue weighted by atomic mass is 32.2. The highest BCUT2D eigenvalue weighted by Gasteiger charge is 2.16. The molecular weight excluding hydrogens is 278 g/mol. The lowest BCUT2D eigenvalue weighted by Crippen LogP contribution is -2.16. The van der Waals surface area contributed by atoms with Crippen LogP contribution in [0, 0.1) is 0 Å². The fourth-order valence-corrected chi connectivity index (χ4v) is 2.70. The Hall–Kier alpha value is -2.09. The molecule has 2 N–H and O–H groups in total. The molecule has 108 valence electrons. The summed E-state index contributed by atoms with van der Waals surface area (Å²) in [7, 11) is -1.98. The molecule has 0 spiro atoms. The lowest BCUT2D eigenvalue weighted by atomic mass is 10.4. The van der Waals surface area contributed by atoms with Crippen molar-refractivity contribution in [1.82, 2.24) is 14.8 Å². The molecule has 20 heavy (non-hydrogen) atoms. The van der Waals surface area contributed by atoms with Gasteiger partial charge in [-0.2, -0.15) is 5.10 Å². The average Bonchev–Trinajstić information content (AvgIpc) is 2.82. The minimum Gasteiger partial charge on any atom is -0.370 e. The first-order valence-corrected chi connectivity index (χ1v) is 7.72. The third-order valence-electron chi connectivity index (χ3n) is 2.66. The zero-order chi connectivity index (χ0) is 14.6. The summed E-state index contributed by atoms with van der Waals surface area (Å²) in [5, 5.41) is 6.97. The van der Waals surface area contributed by atoms with E-state index in [-0.39, 0.29) is 4.90 Å². The lowest BCUT2D eigenvalue weighted by Gasteiger charge is -2.09. The molecule has 2 aromatic heterocycles. The topological polar surface area (TPSA) is 88.9 Å². The fourth-order valence-electron chi connectivity index (χ4n) is 1.60. The van der Waals surface area contributed by atoms with Gasteiger partial charge in [-0.25, -0.2) is 13.4 Å². The molecule has 0 radical (unpaired) electrons. The largest absolute Gasteiger partial charge is 0.370 e. The predicted molar refractivity (Wildman–Crippen MR) is 77.0 cm³/mol. The van der Waals surface area contributed by atoms with E-state index in [0.29, 0.717) is 11.6 Å². The van der Waals surface area contributed by atoms with Crippen LogP contribution in [0.15, 0.2) is 35.5 Å². The first-order chi connectivity index (χ1) is 9.53. The molecule has 0 saturated carbocycles. The number of hydrogen-bond donors (Lipinski definition) is 2. The van der Waals surface area contributed by atoms with Crippen LogP contribution in [0.1, 0.15) is 13.3 Å². The fraction of sp³-hybridized carbons (Fsp3) is 0.333. The van der Waals surface area contributed by atoms with E-state index in [2.05, 4.69) is 20.1 Å². The van der Waals surface area contributed by atoms with E-state index < -0.39 is 10.0 Å². The molecule has 0 saturated heterocycles. The van der Waals surface area contributed by atoms with Crippen LogP contribution in [-0.4, -0.2) is 29.7 Å². The molecule has 0 unspecified atom stereocenters. The van der Waals surface area contributed by atoms with Crippen LogP contribution in [0.25, 0.3) is 0 Å². The van der Waals surface area contributed by atoms with Crippen LogP contribution in [0.3, 0.4) is 0 Å². The second-order valence-corrected chi connectivity index (χ2v) is 5.93. The highest BCUT2D eigenvalue weighted by Crippen LogP contribution is 2.17. The third kappa shape index (κ3) is 3.27. The second-order valence-electron chi connectivity index (χ2n) is 4.25. The summed E-state index contributed by atoms with van der Waals surface area (Å²) in [5.41, 5.74) is 0. The Bertz CT molecular complexity index is 681.